The summed E-state index contributed by atoms with van der Waals surface area (Å²) in [6.45, 7) is 0.144. The van der Waals surface area contributed by atoms with Crippen LogP contribution in [-0.2, 0) is 9.84 Å². The van der Waals surface area contributed by atoms with Crippen LogP contribution in [0.25, 0.3) is 0 Å². The zero-order valence-electron chi connectivity index (χ0n) is 10.0. The van der Waals surface area contributed by atoms with Crippen molar-refractivity contribution in [1.82, 2.24) is 4.90 Å². The SMILES string of the molecule is C#CCN(C(=O)c1csc(I)c1)C1CCS(=O)(=O)C1. The molecule has 1 unspecified atom stereocenters. The number of rotatable bonds is 3. The summed E-state index contributed by atoms with van der Waals surface area (Å²) in [7, 11) is -3.03. The molecule has 0 bridgehead atoms. The second-order valence-corrected chi connectivity index (χ2v) is 9.37. The number of carbonyl (C=O) groups is 1. The normalized spacial score (nSPS) is 20.9. The van der Waals surface area contributed by atoms with Crippen molar-refractivity contribution in [1.29, 1.82) is 0 Å². The lowest BCUT2D eigenvalue weighted by Gasteiger charge is -2.25. The van der Waals surface area contributed by atoms with Gasteiger partial charge < -0.3 is 4.90 Å². The minimum Gasteiger partial charge on any atom is -0.323 e. The summed E-state index contributed by atoms with van der Waals surface area (Å²) in [4.78, 5) is 13.9. The minimum absolute atomic E-state index is 0.0155. The van der Waals surface area contributed by atoms with Crippen molar-refractivity contribution in [2.24, 2.45) is 0 Å². The number of hydrogen-bond donors (Lipinski definition) is 0. The lowest BCUT2D eigenvalue weighted by atomic mass is 10.2. The molecular weight excluding hydrogens is 397 g/mol. The van der Waals surface area contributed by atoms with E-state index in [4.69, 9.17) is 6.42 Å². The molecular formula is C12H12INO3S2. The van der Waals surface area contributed by atoms with Crippen LogP contribution >= 0.6 is 33.9 Å². The molecule has 1 aromatic rings. The van der Waals surface area contributed by atoms with Crippen LogP contribution in [0.4, 0.5) is 0 Å². The molecule has 0 aliphatic carbocycles. The van der Waals surface area contributed by atoms with Crippen LogP contribution in [0.1, 0.15) is 16.8 Å². The predicted molar refractivity (Wildman–Crippen MR) is 84.0 cm³/mol. The monoisotopic (exact) mass is 409 g/mol. The molecule has 1 saturated heterocycles. The molecule has 0 N–H and O–H groups in total. The number of thiophene rings is 1. The first kappa shape index (κ1) is 14.8. The molecule has 1 atom stereocenters. The van der Waals surface area contributed by atoms with Crippen LogP contribution in [0.3, 0.4) is 0 Å². The van der Waals surface area contributed by atoms with Crippen molar-refractivity contribution >= 4 is 49.7 Å². The first-order valence-electron chi connectivity index (χ1n) is 5.62. The Morgan fingerprint density at radius 3 is 2.84 bits per heavy atom. The number of sulfone groups is 1. The van der Waals surface area contributed by atoms with Crippen molar-refractivity contribution < 1.29 is 13.2 Å². The Labute approximate surface area is 130 Å². The molecule has 1 fully saturated rings. The van der Waals surface area contributed by atoms with Gasteiger partial charge in [0.1, 0.15) is 0 Å². The first-order chi connectivity index (χ1) is 8.93. The number of amides is 1. The largest absolute Gasteiger partial charge is 0.323 e. The van der Waals surface area contributed by atoms with Gasteiger partial charge in [0, 0.05) is 11.4 Å². The molecule has 2 rings (SSSR count). The van der Waals surface area contributed by atoms with Crippen LogP contribution in [0, 0.1) is 15.2 Å². The number of terminal acetylenes is 1. The number of nitrogens with zero attached hydrogens (tertiary/aromatic N) is 1. The number of halogens is 1. The van der Waals surface area contributed by atoms with Crippen LogP contribution in [0.15, 0.2) is 11.4 Å². The second-order valence-electron chi connectivity index (χ2n) is 4.33. The topological polar surface area (TPSA) is 54.5 Å². The summed E-state index contributed by atoms with van der Waals surface area (Å²) >= 11 is 3.62. The quantitative estimate of drug-likeness (QED) is 0.563. The van der Waals surface area contributed by atoms with Gasteiger partial charge in [-0.3, -0.25) is 4.79 Å². The van der Waals surface area contributed by atoms with Gasteiger partial charge in [0.2, 0.25) is 0 Å². The van der Waals surface area contributed by atoms with Crippen molar-refractivity contribution in [3.63, 3.8) is 0 Å². The van der Waals surface area contributed by atoms with Crippen molar-refractivity contribution in [3.05, 3.63) is 19.9 Å². The van der Waals surface area contributed by atoms with E-state index in [0.29, 0.717) is 12.0 Å². The van der Waals surface area contributed by atoms with Crippen LogP contribution < -0.4 is 0 Å². The van der Waals surface area contributed by atoms with Gasteiger partial charge in [-0.15, -0.1) is 17.8 Å². The van der Waals surface area contributed by atoms with Crippen LogP contribution in [0.2, 0.25) is 0 Å². The molecule has 0 saturated carbocycles. The maximum atomic E-state index is 12.4. The lowest BCUT2D eigenvalue weighted by Crippen LogP contribution is -2.41. The highest BCUT2D eigenvalue weighted by Gasteiger charge is 2.34. The molecule has 4 nitrogen and oxygen atoms in total. The maximum Gasteiger partial charge on any atom is 0.255 e. The van der Waals surface area contributed by atoms with E-state index in [-0.39, 0.29) is 30.0 Å². The predicted octanol–water partition coefficient (Wildman–Crippen LogP) is 1.62. The van der Waals surface area contributed by atoms with Crippen LogP contribution in [-0.4, -0.2) is 43.3 Å². The Morgan fingerprint density at radius 1 is 1.63 bits per heavy atom. The highest BCUT2D eigenvalue weighted by molar-refractivity contribution is 14.1. The summed E-state index contributed by atoms with van der Waals surface area (Å²) in [6.07, 6.45) is 5.76. The first-order valence-corrected chi connectivity index (χ1v) is 9.40. The van der Waals surface area contributed by atoms with Crippen molar-refractivity contribution in [3.8, 4) is 12.3 Å². The van der Waals surface area contributed by atoms with E-state index in [9.17, 15) is 13.2 Å². The lowest BCUT2D eigenvalue weighted by molar-refractivity contribution is 0.0725. The van der Waals surface area contributed by atoms with Gasteiger partial charge in [-0.25, -0.2) is 8.42 Å². The van der Waals surface area contributed by atoms with Gasteiger partial charge >= 0.3 is 0 Å². The molecule has 1 aromatic heterocycles. The molecule has 1 aliphatic rings. The highest BCUT2D eigenvalue weighted by atomic mass is 127. The summed E-state index contributed by atoms with van der Waals surface area (Å²) in [5.41, 5.74) is 0.578. The Balaban J connectivity index is 2.21. The second kappa shape index (κ2) is 5.81. The fourth-order valence-corrected chi connectivity index (χ4v) is 5.13. The Morgan fingerprint density at radius 2 is 2.37 bits per heavy atom. The third-order valence-corrected chi connectivity index (χ3v) is 6.53. The summed E-state index contributed by atoms with van der Waals surface area (Å²) in [5.74, 6) is 2.41. The molecule has 102 valence electrons. The average molecular weight is 409 g/mol. The van der Waals surface area contributed by atoms with E-state index in [2.05, 4.69) is 28.5 Å². The summed E-state index contributed by atoms with van der Waals surface area (Å²) in [5, 5.41) is 1.77. The van der Waals surface area contributed by atoms with E-state index < -0.39 is 9.84 Å². The fraction of sp³-hybridized carbons (Fsp3) is 0.417. The Kier molecular flexibility index (Phi) is 4.53. The van der Waals surface area contributed by atoms with Gasteiger partial charge in [-0.05, 0) is 35.1 Å². The summed E-state index contributed by atoms with van der Waals surface area (Å²) in [6, 6.07) is 1.49. The summed E-state index contributed by atoms with van der Waals surface area (Å²) < 4.78 is 24.1. The molecule has 1 amide bonds. The van der Waals surface area contributed by atoms with E-state index in [0.717, 1.165) is 2.88 Å². The van der Waals surface area contributed by atoms with E-state index in [1.54, 1.807) is 11.4 Å². The fourth-order valence-electron chi connectivity index (χ4n) is 2.07. The van der Waals surface area contributed by atoms with Gasteiger partial charge in [-0.2, -0.15) is 0 Å². The third-order valence-electron chi connectivity index (χ3n) is 2.99. The van der Waals surface area contributed by atoms with Gasteiger partial charge in [0.25, 0.3) is 5.91 Å². The molecule has 2 heterocycles. The van der Waals surface area contributed by atoms with Crippen molar-refractivity contribution in [2.75, 3.05) is 18.1 Å². The maximum absolute atomic E-state index is 12.4. The third kappa shape index (κ3) is 3.49. The van der Waals surface area contributed by atoms with Gasteiger partial charge in [0.05, 0.1) is 26.5 Å². The van der Waals surface area contributed by atoms with Crippen molar-refractivity contribution in [2.45, 2.75) is 12.5 Å². The van der Waals surface area contributed by atoms with E-state index in [1.165, 1.54) is 16.2 Å². The van der Waals surface area contributed by atoms with Gasteiger partial charge in [0.15, 0.2) is 9.84 Å². The zero-order chi connectivity index (χ0) is 14.0. The molecule has 0 aromatic carbocycles. The Bertz CT molecular complexity index is 630. The van der Waals surface area contributed by atoms with Gasteiger partial charge in [-0.1, -0.05) is 5.92 Å². The van der Waals surface area contributed by atoms with E-state index in [1.807, 2.05) is 0 Å². The number of carbonyl (C=O) groups excluding carboxylic acids is 1. The molecule has 19 heavy (non-hydrogen) atoms. The molecule has 0 spiro atoms. The zero-order valence-corrected chi connectivity index (χ0v) is 13.8. The standard InChI is InChI=1S/C12H12INO3S2/c1-2-4-14(10-3-5-19(16,17)8-10)12(15)9-6-11(13)18-7-9/h1,6-7,10H,3-5,8H2. The number of hydrogen-bond acceptors (Lipinski definition) is 4. The smallest absolute Gasteiger partial charge is 0.255 e. The van der Waals surface area contributed by atoms with E-state index >= 15 is 0 Å². The van der Waals surface area contributed by atoms with Crippen LogP contribution in [0.5, 0.6) is 0 Å². The minimum atomic E-state index is -3.03. The Hall–Kier alpha value is -0.590. The molecule has 0 radical (unpaired) electrons. The average Bonchev–Trinajstić information content (AvgIpc) is 2.91. The highest BCUT2D eigenvalue weighted by Crippen LogP contribution is 2.22. The molecule has 1 aliphatic heterocycles. The molecule has 7 heteroatoms.